The van der Waals surface area contributed by atoms with Crippen molar-refractivity contribution in [3.63, 3.8) is 0 Å². The number of hydrogen-bond acceptors (Lipinski definition) is 7. The Bertz CT molecular complexity index is 1100. The average molecular weight is 482 g/mol. The highest BCUT2D eigenvalue weighted by atomic mass is 32.1. The molecule has 0 aliphatic heterocycles. The van der Waals surface area contributed by atoms with Gasteiger partial charge in [0.05, 0.1) is 18.3 Å². The third-order valence-corrected chi connectivity index (χ3v) is 5.86. The maximum absolute atomic E-state index is 12.6. The second-order valence-corrected chi connectivity index (χ2v) is 8.63. The first kappa shape index (κ1) is 23.6. The van der Waals surface area contributed by atoms with Crippen LogP contribution < -0.4 is 24.8 Å². The molecule has 8 nitrogen and oxygen atoms in total. The van der Waals surface area contributed by atoms with Crippen LogP contribution >= 0.6 is 11.3 Å². The van der Waals surface area contributed by atoms with Gasteiger partial charge >= 0.3 is 0 Å². The highest BCUT2D eigenvalue weighted by molar-refractivity contribution is 7.07. The van der Waals surface area contributed by atoms with Crippen molar-refractivity contribution in [2.75, 3.05) is 20.3 Å². The van der Waals surface area contributed by atoms with Crippen molar-refractivity contribution in [2.45, 2.75) is 31.9 Å². The molecule has 178 valence electrons. The van der Waals surface area contributed by atoms with Gasteiger partial charge in [-0.25, -0.2) is 4.98 Å². The summed E-state index contributed by atoms with van der Waals surface area (Å²) in [5.41, 5.74) is 4.14. The maximum Gasteiger partial charge on any atom is 0.258 e. The highest BCUT2D eigenvalue weighted by Crippen LogP contribution is 2.29. The summed E-state index contributed by atoms with van der Waals surface area (Å²) in [6, 6.07) is 12.9. The van der Waals surface area contributed by atoms with Crippen LogP contribution in [-0.4, -0.2) is 43.1 Å². The molecule has 9 heteroatoms. The van der Waals surface area contributed by atoms with Crippen LogP contribution in [0.5, 0.6) is 17.2 Å². The quantitative estimate of drug-likeness (QED) is 0.412. The van der Waals surface area contributed by atoms with E-state index in [0.29, 0.717) is 48.4 Å². The highest BCUT2D eigenvalue weighted by Gasteiger charge is 2.23. The van der Waals surface area contributed by atoms with Gasteiger partial charge in [0.15, 0.2) is 18.1 Å². The van der Waals surface area contributed by atoms with Gasteiger partial charge < -0.3 is 24.8 Å². The molecule has 0 spiro atoms. The number of thiazole rings is 1. The van der Waals surface area contributed by atoms with E-state index in [0.717, 1.165) is 24.1 Å². The molecule has 2 aromatic carbocycles. The standard InChI is InChI=1S/C25H27N3O5S/c1-31-23-12-18(4-9-22(23)33-13-20-15-34-16-27-20)25(30)26-11-10-17-2-7-21(8-3-17)32-14-24(29)28-19-5-6-19/h2-4,7-9,12,15-16,19H,5-6,10-11,13-14H2,1H3,(H,26,30)(H,28,29). The largest absolute Gasteiger partial charge is 0.493 e. The number of rotatable bonds is 12. The molecule has 0 unspecified atom stereocenters. The van der Waals surface area contributed by atoms with Gasteiger partial charge in [-0.05, 0) is 55.2 Å². The van der Waals surface area contributed by atoms with Gasteiger partial charge in [-0.15, -0.1) is 11.3 Å². The number of aromatic nitrogens is 1. The van der Waals surface area contributed by atoms with E-state index in [1.807, 2.05) is 29.6 Å². The van der Waals surface area contributed by atoms with Gasteiger partial charge in [-0.1, -0.05) is 12.1 Å². The van der Waals surface area contributed by atoms with E-state index >= 15 is 0 Å². The molecule has 0 bridgehead atoms. The number of ether oxygens (including phenoxy) is 3. The minimum atomic E-state index is -0.189. The molecule has 34 heavy (non-hydrogen) atoms. The number of nitrogens with one attached hydrogen (secondary N) is 2. The molecule has 1 aliphatic rings. The van der Waals surface area contributed by atoms with Crippen molar-refractivity contribution >= 4 is 23.2 Å². The predicted molar refractivity (Wildman–Crippen MR) is 129 cm³/mol. The molecule has 4 rings (SSSR count). The zero-order valence-electron chi connectivity index (χ0n) is 18.9. The summed E-state index contributed by atoms with van der Waals surface area (Å²) in [6.45, 7) is 0.834. The first-order chi connectivity index (χ1) is 16.6. The predicted octanol–water partition coefficient (Wildman–Crippen LogP) is 3.36. The average Bonchev–Trinajstić information content (AvgIpc) is 3.51. The van der Waals surface area contributed by atoms with Gasteiger partial charge in [0.1, 0.15) is 12.4 Å². The molecule has 0 radical (unpaired) electrons. The lowest BCUT2D eigenvalue weighted by atomic mass is 10.1. The second kappa shape index (κ2) is 11.5. The molecular formula is C25H27N3O5S. The smallest absolute Gasteiger partial charge is 0.258 e. The van der Waals surface area contributed by atoms with Gasteiger partial charge in [0, 0.05) is 23.5 Å². The summed E-state index contributed by atoms with van der Waals surface area (Å²) in [7, 11) is 1.54. The molecule has 0 atom stereocenters. The Morgan fingerprint density at radius 1 is 1.09 bits per heavy atom. The van der Waals surface area contributed by atoms with Gasteiger partial charge in [-0.2, -0.15) is 0 Å². The molecule has 1 heterocycles. The fraction of sp³-hybridized carbons (Fsp3) is 0.320. The number of benzene rings is 2. The van der Waals surface area contributed by atoms with E-state index in [4.69, 9.17) is 14.2 Å². The zero-order valence-corrected chi connectivity index (χ0v) is 19.7. The third kappa shape index (κ3) is 6.95. The number of nitrogens with zero attached hydrogens (tertiary/aromatic N) is 1. The monoisotopic (exact) mass is 481 g/mol. The number of amides is 2. The third-order valence-electron chi connectivity index (χ3n) is 5.22. The molecule has 1 aromatic heterocycles. The molecule has 1 fully saturated rings. The van der Waals surface area contributed by atoms with Crippen molar-refractivity contribution < 1.29 is 23.8 Å². The van der Waals surface area contributed by atoms with Crippen LogP contribution in [0.4, 0.5) is 0 Å². The lowest BCUT2D eigenvalue weighted by Gasteiger charge is -2.12. The first-order valence-electron chi connectivity index (χ1n) is 11.1. The molecule has 1 saturated carbocycles. The van der Waals surface area contributed by atoms with Crippen LogP contribution in [0.3, 0.4) is 0 Å². The zero-order chi connectivity index (χ0) is 23.8. The Morgan fingerprint density at radius 2 is 1.91 bits per heavy atom. The summed E-state index contributed by atoms with van der Waals surface area (Å²) in [4.78, 5) is 28.5. The Labute approximate surface area is 202 Å². The lowest BCUT2D eigenvalue weighted by Crippen LogP contribution is -2.30. The Kier molecular flexibility index (Phi) is 7.98. The summed E-state index contributed by atoms with van der Waals surface area (Å²) in [5.74, 6) is 1.41. The van der Waals surface area contributed by atoms with Crippen LogP contribution in [0.25, 0.3) is 0 Å². The topological polar surface area (TPSA) is 98.8 Å². The van der Waals surface area contributed by atoms with Crippen LogP contribution in [0.1, 0.15) is 34.5 Å². The Morgan fingerprint density at radius 3 is 2.62 bits per heavy atom. The molecule has 3 aromatic rings. The fourth-order valence-electron chi connectivity index (χ4n) is 3.21. The van der Waals surface area contributed by atoms with Crippen molar-refractivity contribution in [1.82, 2.24) is 15.6 Å². The van der Waals surface area contributed by atoms with Crippen LogP contribution in [-0.2, 0) is 17.8 Å². The summed E-state index contributed by atoms with van der Waals surface area (Å²) >= 11 is 1.51. The number of methoxy groups -OCH3 is 1. The van der Waals surface area contributed by atoms with Crippen molar-refractivity contribution in [1.29, 1.82) is 0 Å². The minimum absolute atomic E-state index is 0.0179. The van der Waals surface area contributed by atoms with E-state index in [-0.39, 0.29) is 18.4 Å². The maximum atomic E-state index is 12.6. The summed E-state index contributed by atoms with van der Waals surface area (Å²) in [5, 5.41) is 7.73. The second-order valence-electron chi connectivity index (χ2n) is 7.91. The minimum Gasteiger partial charge on any atom is -0.493 e. The van der Waals surface area contributed by atoms with Crippen molar-refractivity contribution in [3.05, 3.63) is 70.2 Å². The van der Waals surface area contributed by atoms with Gasteiger partial charge in [-0.3, -0.25) is 9.59 Å². The molecule has 2 N–H and O–H groups in total. The number of carbonyl (C=O) groups excluding carboxylic acids is 2. The molecular weight excluding hydrogens is 454 g/mol. The molecule has 0 saturated heterocycles. The van der Waals surface area contributed by atoms with Gasteiger partial charge in [0.2, 0.25) is 0 Å². The lowest BCUT2D eigenvalue weighted by molar-refractivity contribution is -0.123. The van der Waals surface area contributed by atoms with Crippen molar-refractivity contribution in [2.24, 2.45) is 0 Å². The summed E-state index contributed by atoms with van der Waals surface area (Å²) in [6.07, 6.45) is 2.77. The van der Waals surface area contributed by atoms with E-state index in [2.05, 4.69) is 15.6 Å². The van der Waals surface area contributed by atoms with E-state index in [1.54, 1.807) is 30.8 Å². The van der Waals surface area contributed by atoms with E-state index in [1.165, 1.54) is 11.3 Å². The number of carbonyl (C=O) groups is 2. The Balaban J connectivity index is 1.21. The van der Waals surface area contributed by atoms with Crippen LogP contribution in [0.15, 0.2) is 53.4 Å². The normalized spacial score (nSPS) is 12.6. The van der Waals surface area contributed by atoms with Crippen LogP contribution in [0.2, 0.25) is 0 Å². The Hall–Kier alpha value is -3.59. The van der Waals surface area contributed by atoms with Crippen molar-refractivity contribution in [3.8, 4) is 17.2 Å². The fourth-order valence-corrected chi connectivity index (χ4v) is 3.75. The van der Waals surface area contributed by atoms with E-state index in [9.17, 15) is 9.59 Å². The summed E-state index contributed by atoms with van der Waals surface area (Å²) < 4.78 is 16.7. The first-order valence-corrected chi connectivity index (χ1v) is 12.0. The molecule has 1 aliphatic carbocycles. The van der Waals surface area contributed by atoms with E-state index < -0.39 is 0 Å². The SMILES string of the molecule is COc1cc(C(=O)NCCc2ccc(OCC(=O)NC3CC3)cc2)ccc1OCc1cscn1. The van der Waals surface area contributed by atoms with Gasteiger partial charge in [0.25, 0.3) is 11.8 Å². The van der Waals surface area contributed by atoms with Crippen LogP contribution in [0, 0.1) is 0 Å². The number of hydrogen-bond donors (Lipinski definition) is 2. The molecule has 2 amide bonds.